The lowest BCUT2D eigenvalue weighted by molar-refractivity contribution is 0.0949. The van der Waals surface area contributed by atoms with Gasteiger partial charge in [-0.3, -0.25) is 14.2 Å². The highest BCUT2D eigenvalue weighted by Crippen LogP contribution is 2.32. The largest absolute Gasteiger partial charge is 0.345 e. The molecule has 8 nitrogen and oxygen atoms in total. The zero-order chi connectivity index (χ0) is 21.3. The van der Waals surface area contributed by atoms with Crippen molar-refractivity contribution in [2.24, 2.45) is 0 Å². The van der Waals surface area contributed by atoms with Gasteiger partial charge in [0.2, 0.25) is 0 Å². The van der Waals surface area contributed by atoms with Crippen LogP contribution in [0.2, 0.25) is 0 Å². The highest BCUT2D eigenvalue weighted by atomic mass is 32.2. The first kappa shape index (κ1) is 20.3. The molecule has 3 aromatic rings. The van der Waals surface area contributed by atoms with Gasteiger partial charge in [-0.25, -0.2) is 8.42 Å². The molecule has 2 N–H and O–H groups in total. The number of benzene rings is 2. The number of aromatic nitrogens is 3. The van der Waals surface area contributed by atoms with Crippen molar-refractivity contribution in [2.45, 2.75) is 31.3 Å². The molecule has 2 heterocycles. The van der Waals surface area contributed by atoms with Crippen molar-refractivity contribution < 1.29 is 13.2 Å². The lowest BCUT2D eigenvalue weighted by Gasteiger charge is -2.20. The average molecular weight is 444 g/mol. The van der Waals surface area contributed by atoms with Crippen molar-refractivity contribution in [3.8, 4) is 0 Å². The summed E-state index contributed by atoms with van der Waals surface area (Å²) < 4.78 is 30.1. The van der Waals surface area contributed by atoms with Gasteiger partial charge in [0.15, 0.2) is 10.6 Å². The van der Waals surface area contributed by atoms with Crippen molar-refractivity contribution in [1.82, 2.24) is 20.1 Å². The molecule has 156 valence electrons. The van der Waals surface area contributed by atoms with E-state index in [2.05, 4.69) is 15.5 Å². The molecular formula is C20H21N5O3S2. The summed E-state index contributed by atoms with van der Waals surface area (Å²) in [4.78, 5) is 12.7. The average Bonchev–Trinajstić information content (AvgIpc) is 3.35. The molecule has 1 aliphatic rings. The number of nitrogens with zero attached hydrogens (tertiary/aromatic N) is 3. The Morgan fingerprint density at radius 2 is 2.03 bits per heavy atom. The van der Waals surface area contributed by atoms with E-state index in [0.29, 0.717) is 35.8 Å². The quantitative estimate of drug-likeness (QED) is 0.571. The minimum atomic E-state index is -3.76. The van der Waals surface area contributed by atoms with Gasteiger partial charge in [0.05, 0.1) is 17.1 Å². The lowest BCUT2D eigenvalue weighted by atomic mass is 10.2. The molecule has 0 atom stereocenters. The van der Waals surface area contributed by atoms with Crippen LogP contribution in [0.25, 0.3) is 0 Å². The minimum Gasteiger partial charge on any atom is -0.345 e. The summed E-state index contributed by atoms with van der Waals surface area (Å²) >= 11 is 5.14. The van der Waals surface area contributed by atoms with Crippen LogP contribution < -0.4 is 9.62 Å². The first-order valence-electron chi connectivity index (χ1n) is 9.55. The standard InChI is InChI=1S/C20H21N5O3S2/c1-2-24-18(22-23-20(24)29)13-21-19(26)15-7-5-8-16(12-15)30(27,28)25-11-10-14-6-3-4-9-17(14)25/h3-9,12H,2,10-11,13H2,1H3,(H,21,26)(H,23,29). The number of fused-ring (bicyclic) bond motifs is 1. The monoisotopic (exact) mass is 443 g/mol. The van der Waals surface area contributed by atoms with Gasteiger partial charge in [-0.05, 0) is 55.4 Å². The zero-order valence-corrected chi connectivity index (χ0v) is 18.0. The fraction of sp³-hybridized carbons (Fsp3) is 0.250. The van der Waals surface area contributed by atoms with Crippen LogP contribution >= 0.6 is 12.2 Å². The van der Waals surface area contributed by atoms with Crippen molar-refractivity contribution in [3.63, 3.8) is 0 Å². The number of amides is 1. The molecule has 0 fully saturated rings. The van der Waals surface area contributed by atoms with Crippen molar-refractivity contribution in [2.75, 3.05) is 10.8 Å². The number of hydrogen-bond donors (Lipinski definition) is 2. The Kier molecular flexibility index (Phi) is 5.44. The zero-order valence-electron chi connectivity index (χ0n) is 16.3. The van der Waals surface area contributed by atoms with E-state index in [1.807, 2.05) is 25.1 Å². The number of rotatable bonds is 6. The molecule has 4 rings (SSSR count). The van der Waals surface area contributed by atoms with Gasteiger partial charge in [0.25, 0.3) is 15.9 Å². The SMILES string of the molecule is CCn1c(CNC(=O)c2cccc(S(=O)(=O)N3CCc4ccccc43)c2)n[nH]c1=S. The molecule has 0 unspecified atom stereocenters. The second-order valence-electron chi connectivity index (χ2n) is 6.86. The number of H-pyrrole nitrogens is 1. The van der Waals surface area contributed by atoms with E-state index in [-0.39, 0.29) is 22.9 Å². The molecule has 0 saturated heterocycles. The summed E-state index contributed by atoms with van der Waals surface area (Å²) in [5.41, 5.74) is 1.95. The predicted octanol–water partition coefficient (Wildman–Crippen LogP) is 2.64. The third-order valence-corrected chi connectivity index (χ3v) is 7.21. The van der Waals surface area contributed by atoms with Crippen molar-refractivity contribution >= 4 is 33.8 Å². The Labute approximate surface area is 179 Å². The third-order valence-electron chi connectivity index (χ3n) is 5.09. The molecule has 1 aromatic heterocycles. The van der Waals surface area contributed by atoms with Gasteiger partial charge in [-0.15, -0.1) is 0 Å². The van der Waals surface area contributed by atoms with Crippen LogP contribution in [0.15, 0.2) is 53.4 Å². The van der Waals surface area contributed by atoms with Crippen LogP contribution in [0.5, 0.6) is 0 Å². The summed E-state index contributed by atoms with van der Waals surface area (Å²) in [6.45, 7) is 3.13. The van der Waals surface area contributed by atoms with Gasteiger partial charge in [-0.1, -0.05) is 24.3 Å². The van der Waals surface area contributed by atoms with E-state index >= 15 is 0 Å². The molecule has 1 amide bonds. The first-order valence-corrected chi connectivity index (χ1v) is 11.4. The summed E-state index contributed by atoms with van der Waals surface area (Å²) in [5, 5.41) is 9.58. The van der Waals surface area contributed by atoms with Gasteiger partial charge < -0.3 is 9.88 Å². The molecule has 0 radical (unpaired) electrons. The highest BCUT2D eigenvalue weighted by molar-refractivity contribution is 7.92. The number of carbonyl (C=O) groups is 1. The van der Waals surface area contributed by atoms with E-state index < -0.39 is 10.0 Å². The third kappa shape index (κ3) is 3.63. The number of nitrogens with one attached hydrogen (secondary N) is 2. The Morgan fingerprint density at radius 1 is 1.23 bits per heavy atom. The Morgan fingerprint density at radius 3 is 2.83 bits per heavy atom. The van der Waals surface area contributed by atoms with Crippen molar-refractivity contribution in [1.29, 1.82) is 0 Å². The van der Waals surface area contributed by atoms with E-state index in [9.17, 15) is 13.2 Å². The smallest absolute Gasteiger partial charge is 0.264 e. The van der Waals surface area contributed by atoms with E-state index in [0.717, 1.165) is 5.56 Å². The van der Waals surface area contributed by atoms with Gasteiger partial charge in [-0.2, -0.15) is 5.10 Å². The number of carbonyl (C=O) groups excluding carboxylic acids is 1. The molecule has 0 bridgehead atoms. The maximum absolute atomic E-state index is 13.2. The van der Waals surface area contributed by atoms with Gasteiger partial charge >= 0.3 is 0 Å². The highest BCUT2D eigenvalue weighted by Gasteiger charge is 2.30. The molecular weight excluding hydrogens is 422 g/mol. The maximum Gasteiger partial charge on any atom is 0.264 e. The van der Waals surface area contributed by atoms with E-state index in [4.69, 9.17) is 12.2 Å². The Bertz CT molecular complexity index is 1260. The minimum absolute atomic E-state index is 0.0862. The number of sulfonamides is 1. The molecule has 0 spiro atoms. The number of hydrogen-bond acceptors (Lipinski definition) is 5. The first-order chi connectivity index (χ1) is 14.4. The summed E-state index contributed by atoms with van der Waals surface area (Å²) in [6.07, 6.45) is 0.668. The van der Waals surface area contributed by atoms with E-state index in [1.165, 1.54) is 16.4 Å². The van der Waals surface area contributed by atoms with Gasteiger partial charge in [0.1, 0.15) is 0 Å². The van der Waals surface area contributed by atoms with Crippen LogP contribution in [0.4, 0.5) is 5.69 Å². The van der Waals surface area contributed by atoms with Crippen molar-refractivity contribution in [3.05, 3.63) is 70.3 Å². The molecule has 0 aliphatic carbocycles. The number of para-hydroxylation sites is 1. The molecule has 30 heavy (non-hydrogen) atoms. The Balaban J connectivity index is 1.55. The second-order valence-corrected chi connectivity index (χ2v) is 9.10. The van der Waals surface area contributed by atoms with E-state index in [1.54, 1.807) is 22.8 Å². The van der Waals surface area contributed by atoms with Crippen LogP contribution in [0.1, 0.15) is 28.7 Å². The summed E-state index contributed by atoms with van der Waals surface area (Å²) in [7, 11) is -3.76. The predicted molar refractivity (Wildman–Crippen MR) is 115 cm³/mol. The normalized spacial score (nSPS) is 13.3. The van der Waals surface area contributed by atoms with Gasteiger partial charge in [0, 0.05) is 18.7 Å². The lowest BCUT2D eigenvalue weighted by Crippen LogP contribution is -2.29. The van der Waals surface area contributed by atoms with Crippen LogP contribution in [-0.4, -0.2) is 35.6 Å². The van der Waals surface area contributed by atoms with Crippen LogP contribution in [0, 0.1) is 4.77 Å². The number of aromatic amines is 1. The summed E-state index contributed by atoms with van der Waals surface area (Å²) in [5.74, 6) is 0.221. The molecule has 0 saturated carbocycles. The number of anilines is 1. The fourth-order valence-corrected chi connectivity index (χ4v) is 5.39. The Hall–Kier alpha value is -2.98. The summed E-state index contributed by atoms with van der Waals surface area (Å²) in [6, 6.07) is 13.5. The topological polar surface area (TPSA) is 100 Å². The second kappa shape index (κ2) is 8.04. The molecule has 1 aliphatic heterocycles. The fourth-order valence-electron chi connectivity index (χ4n) is 3.56. The maximum atomic E-state index is 13.2. The molecule has 10 heteroatoms. The van der Waals surface area contributed by atoms with Crippen LogP contribution in [-0.2, 0) is 29.5 Å². The van der Waals surface area contributed by atoms with Crippen LogP contribution in [0.3, 0.4) is 0 Å². The molecule has 2 aromatic carbocycles.